The first kappa shape index (κ1) is 27.7. The van der Waals surface area contributed by atoms with Crippen LogP contribution < -0.4 is 4.74 Å². The molecule has 4 heteroatoms. The Morgan fingerprint density at radius 3 is 2.38 bits per heavy atom. The molecule has 0 spiro atoms. The fourth-order valence-corrected chi connectivity index (χ4v) is 9.10. The maximum atomic E-state index is 6.75. The summed E-state index contributed by atoms with van der Waals surface area (Å²) in [6, 6.07) is 12.4. The number of benzene rings is 1. The van der Waals surface area contributed by atoms with E-state index in [0.29, 0.717) is 24.4 Å². The van der Waals surface area contributed by atoms with Crippen LogP contribution in [-0.2, 0) is 4.43 Å². The summed E-state index contributed by atoms with van der Waals surface area (Å²) < 4.78 is 13.0. The topological polar surface area (TPSA) is 18.5 Å². The van der Waals surface area contributed by atoms with Crippen molar-refractivity contribution in [1.29, 1.82) is 0 Å². The number of ether oxygens (including phenoxy) is 1. The Hall–Kier alpha value is -0.583. The zero-order valence-electron chi connectivity index (χ0n) is 21.8. The number of allylic oxidation sites excluding steroid dienone is 1. The van der Waals surface area contributed by atoms with Gasteiger partial charge in [-0.05, 0) is 91.2 Å². The summed E-state index contributed by atoms with van der Waals surface area (Å²) in [5.74, 6) is 3.55. The van der Waals surface area contributed by atoms with Crippen LogP contribution in [-0.4, -0.2) is 20.5 Å². The molecule has 0 N–H and O–H groups in total. The third kappa shape index (κ3) is 7.21. The van der Waals surface area contributed by atoms with Crippen LogP contribution in [0, 0.1) is 17.8 Å². The lowest BCUT2D eigenvalue weighted by atomic mass is 9.67. The van der Waals surface area contributed by atoms with Crippen LogP contribution in [0.5, 0.6) is 5.75 Å². The first-order valence-electron chi connectivity index (χ1n) is 12.8. The van der Waals surface area contributed by atoms with Crippen molar-refractivity contribution in [2.24, 2.45) is 17.8 Å². The molecule has 0 bridgehead atoms. The van der Waals surface area contributed by atoms with Crippen molar-refractivity contribution in [3.8, 4) is 5.75 Å². The molecule has 3 atom stereocenters. The van der Waals surface area contributed by atoms with Crippen LogP contribution in [0.4, 0.5) is 0 Å². The second-order valence-corrected chi connectivity index (χ2v) is 15.9. The normalized spacial score (nSPS) is 23.7. The molecular weight excluding hydrogens is 476 g/mol. The molecule has 1 aromatic rings. The van der Waals surface area contributed by atoms with Gasteiger partial charge in [-0.2, -0.15) is 0 Å². The van der Waals surface area contributed by atoms with Gasteiger partial charge in [0, 0.05) is 6.42 Å². The van der Waals surface area contributed by atoms with E-state index in [-0.39, 0.29) is 5.60 Å². The number of hydrogen-bond donors (Lipinski definition) is 0. The molecule has 32 heavy (non-hydrogen) atoms. The van der Waals surface area contributed by atoms with Crippen LogP contribution in [0.15, 0.2) is 34.8 Å². The Balaban J connectivity index is 2.05. The highest BCUT2D eigenvalue weighted by molar-refractivity contribution is 9.11. The maximum absolute atomic E-state index is 6.75. The second kappa shape index (κ2) is 12.2. The highest BCUT2D eigenvalue weighted by Gasteiger charge is 2.36. The third-order valence-corrected chi connectivity index (χ3v) is 13.5. The van der Waals surface area contributed by atoms with Crippen LogP contribution in [0.25, 0.3) is 0 Å². The van der Waals surface area contributed by atoms with E-state index in [1.54, 1.807) is 5.57 Å². The zero-order valence-corrected chi connectivity index (χ0v) is 24.4. The van der Waals surface area contributed by atoms with Crippen molar-refractivity contribution < 1.29 is 9.16 Å². The lowest BCUT2D eigenvalue weighted by Crippen LogP contribution is -2.44. The van der Waals surface area contributed by atoms with Crippen molar-refractivity contribution in [3.63, 3.8) is 0 Å². The number of halogens is 1. The van der Waals surface area contributed by atoms with Crippen molar-refractivity contribution in [2.75, 3.05) is 6.61 Å². The van der Waals surface area contributed by atoms with Gasteiger partial charge in [0.05, 0.1) is 12.2 Å². The maximum Gasteiger partial charge on any atom is 0.192 e. The van der Waals surface area contributed by atoms with E-state index >= 15 is 0 Å². The lowest BCUT2D eigenvalue weighted by molar-refractivity contribution is 0.0690. The fourth-order valence-electron chi connectivity index (χ4n) is 5.29. The SMILES string of the molecule is CC[Si](CC)(CC)OC(C)(C)CCOc1cccc([C@H]2C[C@@H](C(C)C)C/C(=C\Br)[C@@H]2C)c1. The third-order valence-electron chi connectivity index (χ3n) is 8.01. The standard InChI is InChI=1S/C28H47BrO2Si/c1-9-32(10-2,11-3)31-28(7,8)15-16-30-26-14-12-13-23(18-26)27-19-24(21(4)5)17-25(20-29)22(27)6/h12-14,18,20-22,24,27H,9-11,15-17,19H2,1-8H3/b25-20+/t22-,24-,27-/m0/s1. The molecule has 0 radical (unpaired) electrons. The average Bonchev–Trinajstić information content (AvgIpc) is 2.77. The van der Waals surface area contributed by atoms with Crippen LogP contribution in [0.1, 0.15) is 86.1 Å². The van der Waals surface area contributed by atoms with Gasteiger partial charge in [-0.1, -0.05) is 75.2 Å². The Bertz CT molecular complexity index is 730. The van der Waals surface area contributed by atoms with Crippen molar-refractivity contribution in [3.05, 3.63) is 40.4 Å². The number of rotatable bonds is 11. The van der Waals surface area contributed by atoms with Gasteiger partial charge < -0.3 is 9.16 Å². The van der Waals surface area contributed by atoms with Crippen molar-refractivity contribution in [1.82, 2.24) is 0 Å². The van der Waals surface area contributed by atoms with Gasteiger partial charge in [0.15, 0.2) is 8.32 Å². The first-order chi connectivity index (χ1) is 15.1. The Morgan fingerprint density at radius 2 is 1.81 bits per heavy atom. The lowest BCUT2D eigenvalue weighted by Gasteiger charge is -2.39. The summed E-state index contributed by atoms with van der Waals surface area (Å²) >= 11 is 3.64. The molecule has 0 heterocycles. The summed E-state index contributed by atoms with van der Waals surface area (Å²) in [4.78, 5) is 2.17. The van der Waals surface area contributed by atoms with E-state index in [1.807, 2.05) is 0 Å². The van der Waals surface area contributed by atoms with E-state index < -0.39 is 8.32 Å². The molecule has 0 aliphatic heterocycles. The molecule has 0 aromatic heterocycles. The molecule has 1 saturated carbocycles. The predicted octanol–water partition coefficient (Wildman–Crippen LogP) is 9.32. The molecule has 2 rings (SSSR count). The smallest absolute Gasteiger partial charge is 0.192 e. The van der Waals surface area contributed by atoms with E-state index in [9.17, 15) is 0 Å². The summed E-state index contributed by atoms with van der Waals surface area (Å²) in [6.07, 6.45) is 3.38. The quantitative estimate of drug-likeness (QED) is 0.269. The number of hydrogen-bond acceptors (Lipinski definition) is 2. The van der Waals surface area contributed by atoms with E-state index in [1.165, 1.54) is 36.5 Å². The van der Waals surface area contributed by atoms with Gasteiger partial charge in [0.1, 0.15) is 5.75 Å². The molecule has 2 nitrogen and oxygen atoms in total. The van der Waals surface area contributed by atoms with E-state index in [2.05, 4.69) is 101 Å². The largest absolute Gasteiger partial charge is 0.493 e. The van der Waals surface area contributed by atoms with Gasteiger partial charge in [-0.25, -0.2) is 0 Å². The molecule has 0 saturated heterocycles. The molecule has 182 valence electrons. The monoisotopic (exact) mass is 522 g/mol. The van der Waals surface area contributed by atoms with Crippen molar-refractivity contribution >= 4 is 24.2 Å². The second-order valence-electron chi connectivity index (χ2n) is 10.8. The van der Waals surface area contributed by atoms with Crippen LogP contribution >= 0.6 is 15.9 Å². The van der Waals surface area contributed by atoms with Gasteiger partial charge in [-0.15, -0.1) is 0 Å². The highest BCUT2D eigenvalue weighted by atomic mass is 79.9. The minimum Gasteiger partial charge on any atom is -0.493 e. The van der Waals surface area contributed by atoms with Gasteiger partial charge in [-0.3, -0.25) is 0 Å². The molecule has 1 fully saturated rings. The predicted molar refractivity (Wildman–Crippen MR) is 145 cm³/mol. The van der Waals surface area contributed by atoms with Gasteiger partial charge >= 0.3 is 0 Å². The highest BCUT2D eigenvalue weighted by Crippen LogP contribution is 2.46. The Morgan fingerprint density at radius 1 is 1.16 bits per heavy atom. The van der Waals surface area contributed by atoms with Crippen LogP contribution in [0.2, 0.25) is 18.1 Å². The van der Waals surface area contributed by atoms with Crippen LogP contribution in [0.3, 0.4) is 0 Å². The van der Waals surface area contributed by atoms with Crippen molar-refractivity contribution in [2.45, 2.75) is 104 Å². The minimum absolute atomic E-state index is 0.135. The van der Waals surface area contributed by atoms with E-state index in [4.69, 9.17) is 9.16 Å². The Kier molecular flexibility index (Phi) is 10.6. The minimum atomic E-state index is -1.61. The Labute approximate surface area is 207 Å². The molecule has 1 aliphatic rings. The first-order valence-corrected chi connectivity index (χ1v) is 16.3. The molecule has 1 aromatic carbocycles. The summed E-state index contributed by atoms with van der Waals surface area (Å²) in [5.41, 5.74) is 2.82. The van der Waals surface area contributed by atoms with Gasteiger partial charge in [0.2, 0.25) is 0 Å². The van der Waals surface area contributed by atoms with E-state index in [0.717, 1.165) is 18.1 Å². The summed E-state index contributed by atoms with van der Waals surface area (Å²) in [6.45, 7) is 19.2. The molecule has 0 amide bonds. The zero-order chi connectivity index (χ0) is 23.9. The fraction of sp³-hybridized carbons (Fsp3) is 0.714. The summed E-state index contributed by atoms with van der Waals surface area (Å²) in [5, 5.41) is 0. The average molecular weight is 524 g/mol. The summed E-state index contributed by atoms with van der Waals surface area (Å²) in [7, 11) is -1.61. The molecular formula is C28H47BrO2Si. The molecule has 1 aliphatic carbocycles. The van der Waals surface area contributed by atoms with Gasteiger partial charge in [0.25, 0.3) is 0 Å². The molecule has 0 unspecified atom stereocenters.